The molecular formula is C10H12FN5. The monoisotopic (exact) mass is 221 g/mol. The Hall–Kier alpha value is -1.79. The lowest BCUT2D eigenvalue weighted by Gasteiger charge is -2.16. The molecule has 0 saturated heterocycles. The van der Waals surface area contributed by atoms with Gasteiger partial charge >= 0.3 is 0 Å². The van der Waals surface area contributed by atoms with Crippen molar-refractivity contribution in [3.8, 4) is 0 Å². The van der Waals surface area contributed by atoms with Crippen LogP contribution in [0.15, 0.2) is 31.0 Å². The number of hydrogen-bond donors (Lipinski definition) is 2. The van der Waals surface area contributed by atoms with Gasteiger partial charge in [-0.2, -0.15) is 0 Å². The van der Waals surface area contributed by atoms with E-state index < -0.39 is 0 Å². The van der Waals surface area contributed by atoms with Gasteiger partial charge in [-0.25, -0.2) is 14.8 Å². The minimum absolute atomic E-state index is 0.323. The fourth-order valence-corrected chi connectivity index (χ4v) is 1.58. The van der Waals surface area contributed by atoms with E-state index in [4.69, 9.17) is 5.84 Å². The number of imidazole rings is 1. The van der Waals surface area contributed by atoms with Crippen LogP contribution in [0.2, 0.25) is 0 Å². The molecule has 0 aliphatic rings. The molecular weight excluding hydrogens is 209 g/mol. The van der Waals surface area contributed by atoms with E-state index in [9.17, 15) is 4.39 Å². The lowest BCUT2D eigenvalue weighted by molar-refractivity contribution is 0.578. The van der Waals surface area contributed by atoms with E-state index in [0.29, 0.717) is 5.56 Å². The smallest absolute Gasteiger partial charge is 0.141 e. The number of nitrogens with zero attached hydrogens (tertiary/aromatic N) is 3. The number of aryl methyl sites for hydroxylation is 1. The molecule has 0 aliphatic heterocycles. The number of pyridine rings is 1. The van der Waals surface area contributed by atoms with Crippen molar-refractivity contribution >= 4 is 0 Å². The second-order valence-corrected chi connectivity index (χ2v) is 3.47. The van der Waals surface area contributed by atoms with E-state index in [0.717, 1.165) is 11.9 Å². The van der Waals surface area contributed by atoms with Gasteiger partial charge in [-0.15, -0.1) is 0 Å². The van der Waals surface area contributed by atoms with Crippen molar-refractivity contribution in [2.75, 3.05) is 0 Å². The zero-order chi connectivity index (χ0) is 11.5. The fraction of sp³-hybridized carbons (Fsp3) is 0.200. The Morgan fingerprint density at radius 3 is 2.75 bits per heavy atom. The highest BCUT2D eigenvalue weighted by atomic mass is 19.1. The van der Waals surface area contributed by atoms with Crippen LogP contribution in [0, 0.1) is 5.82 Å². The maximum atomic E-state index is 13.1. The van der Waals surface area contributed by atoms with E-state index >= 15 is 0 Å². The molecule has 16 heavy (non-hydrogen) atoms. The van der Waals surface area contributed by atoms with Gasteiger partial charge in [0.1, 0.15) is 5.82 Å². The number of aromatic nitrogens is 3. The van der Waals surface area contributed by atoms with Crippen LogP contribution in [-0.2, 0) is 7.05 Å². The number of nitrogens with two attached hydrogens (primary N) is 1. The number of rotatable bonds is 3. The summed E-state index contributed by atoms with van der Waals surface area (Å²) in [4.78, 5) is 7.78. The molecule has 84 valence electrons. The SMILES string of the molecule is Cn1cncc1C(NN)c1cncc(F)c1. The van der Waals surface area contributed by atoms with Crippen LogP contribution in [-0.4, -0.2) is 14.5 Å². The minimum Gasteiger partial charge on any atom is -0.336 e. The molecule has 3 N–H and O–H groups in total. The van der Waals surface area contributed by atoms with E-state index in [1.54, 1.807) is 18.7 Å². The molecule has 0 spiro atoms. The molecule has 2 aromatic heterocycles. The lowest BCUT2D eigenvalue weighted by atomic mass is 10.1. The van der Waals surface area contributed by atoms with Gasteiger partial charge in [0.25, 0.3) is 0 Å². The second kappa shape index (κ2) is 4.38. The van der Waals surface area contributed by atoms with Crippen LogP contribution in [0.3, 0.4) is 0 Å². The summed E-state index contributed by atoms with van der Waals surface area (Å²) in [5.74, 6) is 5.08. The summed E-state index contributed by atoms with van der Waals surface area (Å²) in [7, 11) is 1.85. The van der Waals surface area contributed by atoms with Crippen molar-refractivity contribution in [2.24, 2.45) is 12.9 Å². The first-order chi connectivity index (χ1) is 7.72. The predicted octanol–water partition coefficient (Wildman–Crippen LogP) is 0.507. The van der Waals surface area contributed by atoms with Gasteiger partial charge in [-0.3, -0.25) is 10.8 Å². The normalized spacial score (nSPS) is 12.7. The summed E-state index contributed by atoms with van der Waals surface area (Å²) in [6, 6.07) is 1.07. The Kier molecular flexibility index (Phi) is 2.93. The third-order valence-electron chi connectivity index (χ3n) is 2.38. The fourth-order valence-electron chi connectivity index (χ4n) is 1.58. The molecule has 0 amide bonds. The molecule has 0 saturated carbocycles. The Bertz CT molecular complexity index is 482. The van der Waals surface area contributed by atoms with E-state index in [2.05, 4.69) is 15.4 Å². The molecule has 0 aliphatic carbocycles. The summed E-state index contributed by atoms with van der Waals surface area (Å²) in [6.45, 7) is 0. The molecule has 2 rings (SSSR count). The van der Waals surface area contributed by atoms with Gasteiger partial charge in [0.2, 0.25) is 0 Å². The molecule has 6 heteroatoms. The van der Waals surface area contributed by atoms with Crippen molar-refractivity contribution in [1.29, 1.82) is 0 Å². The van der Waals surface area contributed by atoms with Gasteiger partial charge in [-0.05, 0) is 11.6 Å². The number of halogens is 1. The first-order valence-corrected chi connectivity index (χ1v) is 4.75. The molecule has 0 radical (unpaired) electrons. The van der Waals surface area contributed by atoms with Crippen molar-refractivity contribution in [3.05, 3.63) is 48.1 Å². The van der Waals surface area contributed by atoms with Crippen LogP contribution in [0.5, 0.6) is 0 Å². The largest absolute Gasteiger partial charge is 0.336 e. The van der Waals surface area contributed by atoms with Crippen LogP contribution in [0.25, 0.3) is 0 Å². The molecule has 5 nitrogen and oxygen atoms in total. The molecule has 1 unspecified atom stereocenters. The third-order valence-corrected chi connectivity index (χ3v) is 2.38. The third kappa shape index (κ3) is 1.93. The maximum Gasteiger partial charge on any atom is 0.141 e. The lowest BCUT2D eigenvalue weighted by Crippen LogP contribution is -2.30. The average molecular weight is 221 g/mol. The number of hydrogen-bond acceptors (Lipinski definition) is 4. The number of hydrazine groups is 1. The quantitative estimate of drug-likeness (QED) is 0.585. The Balaban J connectivity index is 2.40. The molecule has 0 bridgehead atoms. The average Bonchev–Trinajstić information content (AvgIpc) is 2.67. The van der Waals surface area contributed by atoms with Crippen molar-refractivity contribution in [2.45, 2.75) is 6.04 Å². The zero-order valence-electron chi connectivity index (χ0n) is 8.76. The second-order valence-electron chi connectivity index (χ2n) is 3.47. The molecule has 1 atom stereocenters. The van der Waals surface area contributed by atoms with Gasteiger partial charge in [0.15, 0.2) is 0 Å². The molecule has 0 fully saturated rings. The van der Waals surface area contributed by atoms with E-state index in [-0.39, 0.29) is 11.9 Å². The van der Waals surface area contributed by atoms with E-state index in [1.807, 2.05) is 11.6 Å². The molecule has 0 aromatic carbocycles. The topological polar surface area (TPSA) is 68.8 Å². The summed E-state index contributed by atoms with van der Waals surface area (Å²) in [6.07, 6.45) is 6.06. The Morgan fingerprint density at radius 1 is 1.38 bits per heavy atom. The first-order valence-electron chi connectivity index (χ1n) is 4.75. The van der Waals surface area contributed by atoms with Gasteiger partial charge in [-0.1, -0.05) is 0 Å². The number of nitrogens with one attached hydrogen (secondary N) is 1. The van der Waals surface area contributed by atoms with Gasteiger partial charge in [0, 0.05) is 13.2 Å². The summed E-state index contributed by atoms with van der Waals surface area (Å²) < 4.78 is 14.9. The zero-order valence-corrected chi connectivity index (χ0v) is 8.76. The Labute approximate surface area is 92.1 Å². The highest BCUT2D eigenvalue weighted by molar-refractivity contribution is 5.24. The standard InChI is InChI=1S/C10H12FN5/c1-16-6-14-5-9(16)10(15-12)7-2-8(11)4-13-3-7/h2-6,10,15H,12H2,1H3. The van der Waals surface area contributed by atoms with Gasteiger partial charge in [0.05, 0.1) is 30.5 Å². The van der Waals surface area contributed by atoms with Crippen molar-refractivity contribution < 1.29 is 4.39 Å². The highest BCUT2D eigenvalue weighted by Gasteiger charge is 2.16. The first kappa shape index (κ1) is 10.7. The van der Waals surface area contributed by atoms with Crippen molar-refractivity contribution in [1.82, 2.24) is 20.0 Å². The van der Waals surface area contributed by atoms with Crippen molar-refractivity contribution in [3.63, 3.8) is 0 Å². The molecule has 2 aromatic rings. The maximum absolute atomic E-state index is 13.1. The molecule has 2 heterocycles. The highest BCUT2D eigenvalue weighted by Crippen LogP contribution is 2.19. The Morgan fingerprint density at radius 2 is 2.19 bits per heavy atom. The summed E-state index contributed by atoms with van der Waals surface area (Å²) in [5.41, 5.74) is 4.12. The van der Waals surface area contributed by atoms with E-state index in [1.165, 1.54) is 6.07 Å². The minimum atomic E-state index is -0.389. The summed E-state index contributed by atoms with van der Waals surface area (Å²) in [5, 5.41) is 0. The van der Waals surface area contributed by atoms with Crippen LogP contribution in [0.4, 0.5) is 4.39 Å². The van der Waals surface area contributed by atoms with Crippen LogP contribution in [0.1, 0.15) is 17.3 Å². The van der Waals surface area contributed by atoms with Crippen LogP contribution >= 0.6 is 0 Å². The summed E-state index contributed by atoms with van der Waals surface area (Å²) >= 11 is 0. The van der Waals surface area contributed by atoms with Crippen LogP contribution < -0.4 is 11.3 Å². The predicted molar refractivity (Wildman–Crippen MR) is 56.6 cm³/mol. The van der Waals surface area contributed by atoms with Gasteiger partial charge < -0.3 is 4.57 Å².